The zero-order chi connectivity index (χ0) is 14.2. The predicted octanol–water partition coefficient (Wildman–Crippen LogP) is 3.67. The standard InChI is InChI=1S/C18H23ClN2/c19-17-3-5-18(6-4-17)21-9-7-20(8-10-21)13-16-12-14-1-2-15(16)11-14/h1-6,14-16H,7-13H2/t14-,15-,16+/m0/s1. The first kappa shape index (κ1) is 13.7. The zero-order valence-electron chi connectivity index (χ0n) is 12.4. The minimum absolute atomic E-state index is 0.821. The molecule has 1 aromatic rings. The largest absolute Gasteiger partial charge is 0.369 e. The number of nitrogens with zero attached hydrogens (tertiary/aromatic N) is 2. The number of hydrogen-bond acceptors (Lipinski definition) is 2. The van der Waals surface area contributed by atoms with Crippen molar-refractivity contribution < 1.29 is 0 Å². The van der Waals surface area contributed by atoms with Crippen molar-refractivity contribution in [3.63, 3.8) is 0 Å². The number of benzene rings is 1. The summed E-state index contributed by atoms with van der Waals surface area (Å²) >= 11 is 5.97. The van der Waals surface area contributed by atoms with Gasteiger partial charge < -0.3 is 4.90 Å². The molecule has 1 saturated heterocycles. The Kier molecular flexibility index (Phi) is 3.68. The van der Waals surface area contributed by atoms with Crippen LogP contribution in [0.2, 0.25) is 5.02 Å². The summed E-state index contributed by atoms with van der Waals surface area (Å²) in [5, 5.41) is 0.821. The van der Waals surface area contributed by atoms with Gasteiger partial charge in [-0.3, -0.25) is 4.90 Å². The molecular formula is C18H23ClN2. The number of allylic oxidation sites excluding steroid dienone is 2. The first-order chi connectivity index (χ1) is 10.3. The van der Waals surface area contributed by atoms with Crippen molar-refractivity contribution >= 4 is 17.3 Å². The molecule has 1 heterocycles. The third kappa shape index (κ3) is 2.84. The van der Waals surface area contributed by atoms with E-state index in [9.17, 15) is 0 Å². The van der Waals surface area contributed by atoms with Crippen molar-refractivity contribution in [2.45, 2.75) is 12.8 Å². The molecule has 0 amide bonds. The number of piperazine rings is 1. The van der Waals surface area contributed by atoms with Gasteiger partial charge in [-0.05, 0) is 54.9 Å². The first-order valence-corrected chi connectivity index (χ1v) is 8.57. The van der Waals surface area contributed by atoms with Gasteiger partial charge in [0.05, 0.1) is 0 Å². The maximum Gasteiger partial charge on any atom is 0.0407 e. The van der Waals surface area contributed by atoms with Crippen LogP contribution in [-0.4, -0.2) is 37.6 Å². The van der Waals surface area contributed by atoms with Crippen molar-refractivity contribution in [1.29, 1.82) is 0 Å². The lowest BCUT2D eigenvalue weighted by Gasteiger charge is -2.38. The Bertz CT molecular complexity index is 517. The molecule has 3 atom stereocenters. The molecule has 112 valence electrons. The number of hydrogen-bond donors (Lipinski definition) is 0. The van der Waals surface area contributed by atoms with E-state index in [1.165, 1.54) is 38.2 Å². The van der Waals surface area contributed by atoms with Gasteiger partial charge in [-0.15, -0.1) is 0 Å². The quantitative estimate of drug-likeness (QED) is 0.786. The Morgan fingerprint density at radius 1 is 0.952 bits per heavy atom. The normalized spacial score (nSPS) is 32.0. The van der Waals surface area contributed by atoms with Crippen molar-refractivity contribution in [2.24, 2.45) is 17.8 Å². The molecule has 1 saturated carbocycles. The van der Waals surface area contributed by atoms with Gasteiger partial charge in [0.1, 0.15) is 0 Å². The molecule has 1 aliphatic heterocycles. The first-order valence-electron chi connectivity index (χ1n) is 8.19. The summed E-state index contributed by atoms with van der Waals surface area (Å²) in [4.78, 5) is 5.15. The predicted molar refractivity (Wildman–Crippen MR) is 88.9 cm³/mol. The summed E-state index contributed by atoms with van der Waals surface area (Å²) < 4.78 is 0. The second-order valence-corrected chi connectivity index (χ2v) is 7.24. The molecule has 0 N–H and O–H groups in total. The third-order valence-corrected chi connectivity index (χ3v) is 5.73. The van der Waals surface area contributed by atoms with Gasteiger partial charge in [-0.1, -0.05) is 23.8 Å². The van der Waals surface area contributed by atoms with Crippen LogP contribution in [0.4, 0.5) is 5.69 Å². The van der Waals surface area contributed by atoms with Gasteiger partial charge in [0.25, 0.3) is 0 Å². The van der Waals surface area contributed by atoms with E-state index in [0.29, 0.717) is 0 Å². The van der Waals surface area contributed by atoms with Crippen LogP contribution in [0.1, 0.15) is 12.8 Å². The molecule has 2 fully saturated rings. The summed E-state index contributed by atoms with van der Waals surface area (Å²) in [6.45, 7) is 5.97. The number of halogens is 1. The van der Waals surface area contributed by atoms with Crippen LogP contribution in [0.3, 0.4) is 0 Å². The minimum Gasteiger partial charge on any atom is -0.369 e. The smallest absolute Gasteiger partial charge is 0.0407 e. The molecular weight excluding hydrogens is 280 g/mol. The summed E-state index contributed by atoms with van der Waals surface area (Å²) in [5.74, 6) is 2.70. The van der Waals surface area contributed by atoms with E-state index >= 15 is 0 Å². The maximum absolute atomic E-state index is 5.97. The molecule has 2 aliphatic carbocycles. The van der Waals surface area contributed by atoms with Crippen molar-refractivity contribution in [2.75, 3.05) is 37.6 Å². The lowest BCUT2D eigenvalue weighted by molar-refractivity contribution is 0.204. The Balaban J connectivity index is 1.30. The fraction of sp³-hybridized carbons (Fsp3) is 0.556. The molecule has 0 aromatic heterocycles. The highest BCUT2D eigenvalue weighted by Gasteiger charge is 2.36. The molecule has 0 spiro atoms. The van der Waals surface area contributed by atoms with Crippen LogP contribution in [0, 0.1) is 17.8 Å². The SMILES string of the molecule is Clc1ccc(N2CCN(C[C@H]3C[C@H]4C=C[C@H]3C4)CC2)cc1. The van der Waals surface area contributed by atoms with Crippen LogP contribution >= 0.6 is 11.6 Å². The van der Waals surface area contributed by atoms with E-state index in [1.807, 2.05) is 12.1 Å². The zero-order valence-corrected chi connectivity index (χ0v) is 13.2. The second-order valence-electron chi connectivity index (χ2n) is 6.80. The highest BCUT2D eigenvalue weighted by Crippen LogP contribution is 2.43. The summed E-state index contributed by atoms with van der Waals surface area (Å²) in [6.07, 6.45) is 7.77. The van der Waals surface area contributed by atoms with E-state index < -0.39 is 0 Å². The van der Waals surface area contributed by atoms with Gasteiger partial charge in [0.2, 0.25) is 0 Å². The maximum atomic E-state index is 5.97. The van der Waals surface area contributed by atoms with Crippen LogP contribution in [0.15, 0.2) is 36.4 Å². The Hall–Kier alpha value is -0.990. The third-order valence-electron chi connectivity index (χ3n) is 5.47. The Labute approximate surface area is 132 Å². The highest BCUT2D eigenvalue weighted by molar-refractivity contribution is 6.30. The minimum atomic E-state index is 0.821. The lowest BCUT2D eigenvalue weighted by atomic mass is 9.93. The van der Waals surface area contributed by atoms with E-state index in [0.717, 1.165) is 35.9 Å². The summed E-state index contributed by atoms with van der Waals surface area (Å²) in [6, 6.07) is 8.26. The molecule has 3 aliphatic rings. The molecule has 2 bridgehead atoms. The van der Waals surface area contributed by atoms with Gasteiger partial charge in [-0.25, -0.2) is 0 Å². The topological polar surface area (TPSA) is 6.48 Å². The average molecular weight is 303 g/mol. The Morgan fingerprint density at radius 3 is 2.33 bits per heavy atom. The van der Waals surface area contributed by atoms with E-state index in [4.69, 9.17) is 11.6 Å². The van der Waals surface area contributed by atoms with E-state index in [-0.39, 0.29) is 0 Å². The molecule has 0 radical (unpaired) electrons. The van der Waals surface area contributed by atoms with Crippen LogP contribution < -0.4 is 4.90 Å². The van der Waals surface area contributed by atoms with Crippen molar-refractivity contribution in [1.82, 2.24) is 4.90 Å². The van der Waals surface area contributed by atoms with Crippen LogP contribution in [-0.2, 0) is 0 Å². The molecule has 21 heavy (non-hydrogen) atoms. The molecule has 3 heteroatoms. The molecule has 4 rings (SSSR count). The van der Waals surface area contributed by atoms with E-state index in [1.54, 1.807) is 0 Å². The summed E-state index contributed by atoms with van der Waals surface area (Å²) in [5.41, 5.74) is 1.31. The van der Waals surface area contributed by atoms with Crippen LogP contribution in [0.25, 0.3) is 0 Å². The fourth-order valence-electron chi connectivity index (χ4n) is 4.28. The van der Waals surface area contributed by atoms with Gasteiger partial charge in [0, 0.05) is 43.4 Å². The molecule has 0 unspecified atom stereocenters. The van der Waals surface area contributed by atoms with Gasteiger partial charge in [0.15, 0.2) is 0 Å². The molecule has 1 aromatic carbocycles. The van der Waals surface area contributed by atoms with Crippen molar-refractivity contribution in [3.05, 3.63) is 41.4 Å². The number of anilines is 1. The lowest BCUT2D eigenvalue weighted by Crippen LogP contribution is -2.48. The number of fused-ring (bicyclic) bond motifs is 2. The van der Waals surface area contributed by atoms with E-state index in [2.05, 4.69) is 34.1 Å². The van der Waals surface area contributed by atoms with Gasteiger partial charge in [-0.2, -0.15) is 0 Å². The fourth-order valence-corrected chi connectivity index (χ4v) is 4.40. The average Bonchev–Trinajstić information content (AvgIpc) is 3.12. The molecule has 2 nitrogen and oxygen atoms in total. The van der Waals surface area contributed by atoms with Crippen molar-refractivity contribution in [3.8, 4) is 0 Å². The highest BCUT2D eigenvalue weighted by atomic mass is 35.5. The number of rotatable bonds is 3. The second kappa shape index (κ2) is 5.66. The van der Waals surface area contributed by atoms with Gasteiger partial charge >= 0.3 is 0 Å². The monoisotopic (exact) mass is 302 g/mol. The Morgan fingerprint density at radius 2 is 1.71 bits per heavy atom. The van der Waals surface area contributed by atoms with Crippen LogP contribution in [0.5, 0.6) is 0 Å². The summed E-state index contributed by atoms with van der Waals surface area (Å²) in [7, 11) is 0.